The predicted molar refractivity (Wildman–Crippen MR) is 91.8 cm³/mol. The van der Waals surface area contributed by atoms with Gasteiger partial charge in [0.2, 0.25) is 0 Å². The van der Waals surface area contributed by atoms with Gasteiger partial charge in [-0.05, 0) is 36.4 Å². The van der Waals surface area contributed by atoms with Crippen molar-refractivity contribution in [3.8, 4) is 0 Å². The second-order valence-corrected chi connectivity index (χ2v) is 5.92. The van der Waals surface area contributed by atoms with Gasteiger partial charge in [0.15, 0.2) is 0 Å². The highest BCUT2D eigenvalue weighted by Crippen LogP contribution is 2.23. The molecule has 0 aliphatic rings. The minimum atomic E-state index is -0.390. The van der Waals surface area contributed by atoms with E-state index in [9.17, 15) is 4.79 Å². The van der Waals surface area contributed by atoms with Gasteiger partial charge in [-0.15, -0.1) is 0 Å². The number of nitrogens with one attached hydrogen (secondary N) is 1. The number of hydrogen-bond donors (Lipinski definition) is 2. The molecule has 0 aliphatic carbocycles. The van der Waals surface area contributed by atoms with E-state index < -0.39 is 0 Å². The topological polar surface area (TPSA) is 55.1 Å². The number of halogens is 3. The lowest BCUT2D eigenvalue weighted by Gasteiger charge is -2.11. The minimum Gasteiger partial charge on any atom is -0.389 e. The summed E-state index contributed by atoms with van der Waals surface area (Å²) >= 11 is 22.6. The van der Waals surface area contributed by atoms with Gasteiger partial charge in [0, 0.05) is 26.2 Å². The average molecular weight is 360 g/mol. The van der Waals surface area contributed by atoms with Crippen LogP contribution < -0.4 is 11.1 Å². The zero-order valence-electron chi connectivity index (χ0n) is 10.5. The molecule has 2 aromatic rings. The van der Waals surface area contributed by atoms with Gasteiger partial charge >= 0.3 is 0 Å². The Hall–Kier alpha value is -1.33. The molecule has 3 nitrogen and oxygen atoms in total. The van der Waals surface area contributed by atoms with Crippen molar-refractivity contribution in [2.45, 2.75) is 0 Å². The second kappa shape index (κ2) is 6.62. The lowest BCUT2D eigenvalue weighted by molar-refractivity contribution is 0.102. The highest BCUT2D eigenvalue weighted by atomic mass is 35.5. The SMILES string of the molecule is NC(=S)c1ccc(Cl)cc1NC(=O)c1cc(Cl)cc(Cl)c1. The fourth-order valence-corrected chi connectivity index (χ4v) is 2.59. The zero-order valence-corrected chi connectivity index (χ0v) is 13.6. The predicted octanol–water partition coefficient (Wildman–Crippen LogP) is 4.53. The zero-order chi connectivity index (χ0) is 15.6. The molecule has 0 radical (unpaired) electrons. The Balaban J connectivity index is 2.35. The molecule has 2 aromatic carbocycles. The van der Waals surface area contributed by atoms with Crippen LogP contribution >= 0.6 is 47.0 Å². The Morgan fingerprint density at radius 3 is 2.19 bits per heavy atom. The fraction of sp³-hybridized carbons (Fsp3) is 0. The highest BCUT2D eigenvalue weighted by Gasteiger charge is 2.12. The van der Waals surface area contributed by atoms with Crippen molar-refractivity contribution >= 4 is 63.6 Å². The molecule has 3 N–H and O–H groups in total. The maximum absolute atomic E-state index is 12.2. The van der Waals surface area contributed by atoms with Crippen LogP contribution in [0.1, 0.15) is 15.9 Å². The number of amides is 1. The highest BCUT2D eigenvalue weighted by molar-refractivity contribution is 7.80. The van der Waals surface area contributed by atoms with Gasteiger partial charge in [-0.2, -0.15) is 0 Å². The van der Waals surface area contributed by atoms with Crippen LogP contribution in [0.4, 0.5) is 5.69 Å². The van der Waals surface area contributed by atoms with Crippen molar-refractivity contribution in [3.05, 3.63) is 62.6 Å². The molecular weight excluding hydrogens is 351 g/mol. The molecule has 0 saturated heterocycles. The molecule has 0 spiro atoms. The summed E-state index contributed by atoms with van der Waals surface area (Å²) < 4.78 is 0. The summed E-state index contributed by atoms with van der Waals surface area (Å²) in [5.74, 6) is -0.390. The van der Waals surface area contributed by atoms with Crippen LogP contribution in [-0.4, -0.2) is 10.9 Å². The summed E-state index contributed by atoms with van der Waals surface area (Å²) in [5.41, 5.74) is 6.89. The molecule has 0 aliphatic heterocycles. The lowest BCUT2D eigenvalue weighted by atomic mass is 10.1. The van der Waals surface area contributed by atoms with Gasteiger partial charge in [0.1, 0.15) is 4.99 Å². The van der Waals surface area contributed by atoms with Crippen LogP contribution in [-0.2, 0) is 0 Å². The first-order valence-corrected chi connectivity index (χ1v) is 7.28. The second-order valence-electron chi connectivity index (χ2n) is 4.17. The summed E-state index contributed by atoms with van der Waals surface area (Å²) in [6.45, 7) is 0. The molecule has 108 valence electrons. The van der Waals surface area contributed by atoms with E-state index in [1.807, 2.05) is 0 Å². The number of carbonyl (C=O) groups is 1. The molecule has 0 heterocycles. The lowest BCUT2D eigenvalue weighted by Crippen LogP contribution is -2.17. The van der Waals surface area contributed by atoms with Crippen molar-refractivity contribution in [1.29, 1.82) is 0 Å². The number of benzene rings is 2. The summed E-state index contributed by atoms with van der Waals surface area (Å²) in [7, 11) is 0. The van der Waals surface area contributed by atoms with E-state index in [-0.39, 0.29) is 10.9 Å². The Morgan fingerprint density at radius 2 is 1.62 bits per heavy atom. The van der Waals surface area contributed by atoms with Crippen LogP contribution in [0.3, 0.4) is 0 Å². The summed E-state index contributed by atoms with van der Waals surface area (Å²) in [5, 5.41) is 3.89. The minimum absolute atomic E-state index is 0.158. The molecule has 21 heavy (non-hydrogen) atoms. The molecule has 0 aromatic heterocycles. The van der Waals surface area contributed by atoms with Gasteiger partial charge in [-0.3, -0.25) is 4.79 Å². The van der Waals surface area contributed by atoms with Gasteiger partial charge in [0.05, 0.1) is 5.69 Å². The maximum atomic E-state index is 12.2. The molecule has 1 amide bonds. The Bertz CT molecular complexity index is 714. The van der Waals surface area contributed by atoms with Crippen molar-refractivity contribution in [3.63, 3.8) is 0 Å². The molecule has 0 bridgehead atoms. The summed E-state index contributed by atoms with van der Waals surface area (Å²) in [6.07, 6.45) is 0. The van der Waals surface area contributed by atoms with E-state index in [2.05, 4.69) is 5.32 Å². The number of nitrogens with two attached hydrogens (primary N) is 1. The molecular formula is C14H9Cl3N2OS. The van der Waals surface area contributed by atoms with Gasteiger partial charge in [0.25, 0.3) is 5.91 Å². The molecule has 7 heteroatoms. The Labute approximate surface area is 142 Å². The van der Waals surface area contributed by atoms with E-state index >= 15 is 0 Å². The van der Waals surface area contributed by atoms with Crippen LogP contribution in [0, 0.1) is 0 Å². The summed E-state index contributed by atoms with van der Waals surface area (Å²) in [4.78, 5) is 12.4. The van der Waals surface area contributed by atoms with Gasteiger partial charge in [-0.1, -0.05) is 47.0 Å². The van der Waals surface area contributed by atoms with Gasteiger partial charge < -0.3 is 11.1 Å². The van der Waals surface area contributed by atoms with Crippen LogP contribution in [0.2, 0.25) is 15.1 Å². The first kappa shape index (κ1) is 16.0. The van der Waals surface area contributed by atoms with E-state index in [4.69, 9.17) is 52.8 Å². The number of anilines is 1. The van der Waals surface area contributed by atoms with Crippen molar-refractivity contribution < 1.29 is 4.79 Å². The van der Waals surface area contributed by atoms with Crippen LogP contribution in [0.25, 0.3) is 0 Å². The maximum Gasteiger partial charge on any atom is 0.255 e. The van der Waals surface area contributed by atoms with E-state index in [1.54, 1.807) is 24.3 Å². The van der Waals surface area contributed by atoms with Crippen molar-refractivity contribution in [2.75, 3.05) is 5.32 Å². The normalized spacial score (nSPS) is 10.2. The number of carbonyl (C=O) groups excluding carboxylic acids is 1. The molecule has 2 rings (SSSR count). The third-order valence-electron chi connectivity index (χ3n) is 2.62. The fourth-order valence-electron chi connectivity index (χ4n) is 1.71. The average Bonchev–Trinajstić information content (AvgIpc) is 2.37. The van der Waals surface area contributed by atoms with Crippen molar-refractivity contribution in [2.24, 2.45) is 5.73 Å². The Kier molecular flexibility index (Phi) is 5.06. The number of hydrogen-bond acceptors (Lipinski definition) is 2. The first-order valence-electron chi connectivity index (χ1n) is 5.73. The number of rotatable bonds is 3. The third kappa shape index (κ3) is 4.08. The van der Waals surface area contributed by atoms with Crippen molar-refractivity contribution in [1.82, 2.24) is 0 Å². The quantitative estimate of drug-likeness (QED) is 0.791. The monoisotopic (exact) mass is 358 g/mol. The first-order chi connectivity index (χ1) is 9.86. The van der Waals surface area contributed by atoms with E-state index in [0.29, 0.717) is 31.9 Å². The largest absolute Gasteiger partial charge is 0.389 e. The smallest absolute Gasteiger partial charge is 0.255 e. The van der Waals surface area contributed by atoms with E-state index in [1.165, 1.54) is 12.1 Å². The summed E-state index contributed by atoms with van der Waals surface area (Å²) in [6, 6.07) is 9.41. The Morgan fingerprint density at radius 1 is 1.00 bits per heavy atom. The molecule has 0 saturated carbocycles. The van der Waals surface area contributed by atoms with E-state index in [0.717, 1.165) is 0 Å². The van der Waals surface area contributed by atoms with Gasteiger partial charge in [-0.25, -0.2) is 0 Å². The third-order valence-corrected chi connectivity index (χ3v) is 3.51. The molecule has 0 atom stereocenters. The van der Waals surface area contributed by atoms with Crippen LogP contribution in [0.5, 0.6) is 0 Å². The molecule has 0 unspecified atom stereocenters. The number of thiocarbonyl (C=S) groups is 1. The van der Waals surface area contributed by atoms with Crippen LogP contribution in [0.15, 0.2) is 36.4 Å². The molecule has 0 fully saturated rings. The standard InChI is InChI=1S/C14H9Cl3N2OS/c15-8-1-2-11(13(18)21)12(6-8)19-14(20)7-3-9(16)5-10(17)4-7/h1-6H,(H2,18,21)(H,19,20).